The van der Waals surface area contributed by atoms with Crippen LogP contribution in [0.3, 0.4) is 0 Å². The summed E-state index contributed by atoms with van der Waals surface area (Å²) in [5.74, 6) is 0.818. The van der Waals surface area contributed by atoms with E-state index in [-0.39, 0.29) is 5.91 Å². The van der Waals surface area contributed by atoms with Crippen molar-refractivity contribution in [3.05, 3.63) is 29.6 Å². The lowest BCUT2D eigenvalue weighted by Crippen LogP contribution is -2.28. The first-order valence-electron chi connectivity index (χ1n) is 5.91. The average Bonchev–Trinajstić information content (AvgIpc) is 3.12. The predicted octanol–water partition coefficient (Wildman–Crippen LogP) is 2.13. The van der Waals surface area contributed by atoms with Gasteiger partial charge in [-0.2, -0.15) is 0 Å². The minimum absolute atomic E-state index is 0.0852. The maximum atomic E-state index is 12.0. The number of carbonyl (C=O) groups is 1. The molecule has 0 aromatic carbocycles. The Morgan fingerprint density at radius 1 is 1.50 bits per heavy atom. The van der Waals surface area contributed by atoms with Gasteiger partial charge in [0.05, 0.1) is 5.56 Å². The van der Waals surface area contributed by atoms with Gasteiger partial charge in [-0.3, -0.25) is 9.78 Å². The van der Waals surface area contributed by atoms with Crippen LogP contribution in [0, 0.1) is 5.92 Å². The zero-order valence-electron chi connectivity index (χ0n) is 9.94. The highest BCUT2D eigenvalue weighted by Gasteiger charge is 2.25. The van der Waals surface area contributed by atoms with E-state index in [0.717, 1.165) is 24.6 Å². The molecule has 0 spiro atoms. The van der Waals surface area contributed by atoms with Gasteiger partial charge in [-0.1, -0.05) is 6.92 Å². The van der Waals surface area contributed by atoms with Gasteiger partial charge >= 0.3 is 0 Å². The highest BCUT2D eigenvalue weighted by Crippen LogP contribution is 2.29. The van der Waals surface area contributed by atoms with Gasteiger partial charge in [-0.25, -0.2) is 0 Å². The lowest BCUT2D eigenvalue weighted by atomic mass is 10.2. The molecule has 0 bridgehead atoms. The third kappa shape index (κ3) is 2.60. The van der Waals surface area contributed by atoms with Gasteiger partial charge in [-0.15, -0.1) is 0 Å². The SMILES string of the molecule is CCc1ccc(C(=O)N(C)CC2CC2)cn1. The molecule has 0 unspecified atom stereocenters. The Labute approximate surface area is 96.5 Å². The molecule has 0 aliphatic heterocycles. The van der Waals surface area contributed by atoms with Crippen LogP contribution in [0.15, 0.2) is 18.3 Å². The van der Waals surface area contributed by atoms with E-state index in [0.29, 0.717) is 5.56 Å². The zero-order valence-corrected chi connectivity index (χ0v) is 9.94. The lowest BCUT2D eigenvalue weighted by Gasteiger charge is -2.16. The van der Waals surface area contributed by atoms with Crippen LogP contribution in [0.5, 0.6) is 0 Å². The Morgan fingerprint density at radius 3 is 2.75 bits per heavy atom. The Bertz CT molecular complexity index is 368. The third-order valence-corrected chi connectivity index (χ3v) is 3.01. The molecular weight excluding hydrogens is 200 g/mol. The number of nitrogens with zero attached hydrogens (tertiary/aromatic N) is 2. The molecule has 1 aromatic rings. The minimum atomic E-state index is 0.0852. The number of hydrogen-bond acceptors (Lipinski definition) is 2. The van der Waals surface area contributed by atoms with Crippen molar-refractivity contribution < 1.29 is 4.79 Å². The van der Waals surface area contributed by atoms with Gasteiger partial charge in [0, 0.05) is 25.5 Å². The average molecular weight is 218 g/mol. The normalized spacial score (nSPS) is 14.9. The van der Waals surface area contributed by atoms with Crippen molar-refractivity contribution in [1.29, 1.82) is 0 Å². The summed E-state index contributed by atoms with van der Waals surface area (Å²) in [6.45, 7) is 2.94. The van der Waals surface area contributed by atoms with Crippen LogP contribution in [-0.4, -0.2) is 29.4 Å². The number of hydrogen-bond donors (Lipinski definition) is 0. The first-order valence-corrected chi connectivity index (χ1v) is 5.91. The van der Waals surface area contributed by atoms with E-state index in [2.05, 4.69) is 11.9 Å². The van der Waals surface area contributed by atoms with Crippen LogP contribution in [0.4, 0.5) is 0 Å². The Morgan fingerprint density at radius 2 is 2.25 bits per heavy atom. The fourth-order valence-corrected chi connectivity index (χ4v) is 1.75. The van der Waals surface area contributed by atoms with Crippen molar-refractivity contribution >= 4 is 5.91 Å². The van der Waals surface area contributed by atoms with Crippen LogP contribution in [0.25, 0.3) is 0 Å². The summed E-state index contributed by atoms with van der Waals surface area (Å²) in [6.07, 6.45) is 5.13. The molecular formula is C13H18N2O. The van der Waals surface area contributed by atoms with E-state index >= 15 is 0 Å². The summed E-state index contributed by atoms with van der Waals surface area (Å²) in [5.41, 5.74) is 1.72. The number of amides is 1. The Balaban J connectivity index is 2.00. The number of rotatable bonds is 4. The largest absolute Gasteiger partial charge is 0.341 e. The van der Waals surface area contributed by atoms with E-state index < -0.39 is 0 Å². The fraction of sp³-hybridized carbons (Fsp3) is 0.538. The number of aromatic nitrogens is 1. The second-order valence-electron chi connectivity index (χ2n) is 4.52. The maximum Gasteiger partial charge on any atom is 0.255 e. The maximum absolute atomic E-state index is 12.0. The molecule has 1 heterocycles. The summed E-state index contributed by atoms with van der Waals surface area (Å²) in [6, 6.07) is 3.80. The smallest absolute Gasteiger partial charge is 0.255 e. The second-order valence-corrected chi connectivity index (χ2v) is 4.52. The highest BCUT2D eigenvalue weighted by atomic mass is 16.2. The third-order valence-electron chi connectivity index (χ3n) is 3.01. The van der Waals surface area contributed by atoms with Crippen molar-refractivity contribution in [2.45, 2.75) is 26.2 Å². The van der Waals surface area contributed by atoms with Crippen molar-refractivity contribution in [2.24, 2.45) is 5.92 Å². The van der Waals surface area contributed by atoms with Crippen LogP contribution in [0.1, 0.15) is 35.8 Å². The molecule has 0 radical (unpaired) electrons. The standard InChI is InChI=1S/C13H18N2O/c1-3-12-7-6-11(8-14-12)13(16)15(2)9-10-4-5-10/h6-8,10H,3-5,9H2,1-2H3. The molecule has 16 heavy (non-hydrogen) atoms. The first-order chi connectivity index (χ1) is 7.70. The summed E-state index contributed by atoms with van der Waals surface area (Å²) >= 11 is 0. The fourth-order valence-electron chi connectivity index (χ4n) is 1.75. The molecule has 1 fully saturated rings. The van der Waals surface area contributed by atoms with Gasteiger partial charge in [0.25, 0.3) is 5.91 Å². The molecule has 1 saturated carbocycles. The van der Waals surface area contributed by atoms with E-state index in [4.69, 9.17) is 0 Å². The van der Waals surface area contributed by atoms with Crippen LogP contribution in [-0.2, 0) is 6.42 Å². The number of carbonyl (C=O) groups excluding carboxylic acids is 1. The van der Waals surface area contributed by atoms with E-state index in [1.807, 2.05) is 19.2 Å². The van der Waals surface area contributed by atoms with Gasteiger partial charge in [0.15, 0.2) is 0 Å². The molecule has 3 heteroatoms. The monoisotopic (exact) mass is 218 g/mol. The number of pyridine rings is 1. The lowest BCUT2D eigenvalue weighted by molar-refractivity contribution is 0.0788. The molecule has 1 aliphatic rings. The van der Waals surface area contributed by atoms with Crippen LogP contribution >= 0.6 is 0 Å². The summed E-state index contributed by atoms with van der Waals surface area (Å²) in [5, 5.41) is 0. The summed E-state index contributed by atoms with van der Waals surface area (Å²) in [7, 11) is 1.87. The van der Waals surface area contributed by atoms with Gasteiger partial charge < -0.3 is 4.90 Å². The molecule has 1 amide bonds. The molecule has 1 aliphatic carbocycles. The molecule has 0 saturated heterocycles. The Kier molecular flexibility index (Phi) is 3.22. The molecule has 3 nitrogen and oxygen atoms in total. The molecule has 2 rings (SSSR count). The molecule has 1 aromatic heterocycles. The quantitative estimate of drug-likeness (QED) is 0.775. The van der Waals surface area contributed by atoms with E-state index in [9.17, 15) is 4.79 Å². The highest BCUT2D eigenvalue weighted by molar-refractivity contribution is 5.93. The zero-order chi connectivity index (χ0) is 11.5. The summed E-state index contributed by atoms with van der Waals surface area (Å²) in [4.78, 5) is 18.0. The number of aryl methyl sites for hydroxylation is 1. The molecule has 86 valence electrons. The van der Waals surface area contributed by atoms with Gasteiger partial charge in [0.1, 0.15) is 0 Å². The van der Waals surface area contributed by atoms with Crippen molar-refractivity contribution in [2.75, 3.05) is 13.6 Å². The van der Waals surface area contributed by atoms with Gasteiger partial charge in [-0.05, 0) is 37.3 Å². The minimum Gasteiger partial charge on any atom is -0.341 e. The molecule has 0 atom stereocenters. The van der Waals surface area contributed by atoms with E-state index in [1.54, 1.807) is 11.1 Å². The van der Waals surface area contributed by atoms with Crippen LogP contribution < -0.4 is 0 Å². The van der Waals surface area contributed by atoms with Gasteiger partial charge in [0.2, 0.25) is 0 Å². The first kappa shape index (κ1) is 11.1. The topological polar surface area (TPSA) is 33.2 Å². The summed E-state index contributed by atoms with van der Waals surface area (Å²) < 4.78 is 0. The predicted molar refractivity (Wildman–Crippen MR) is 63.3 cm³/mol. The molecule has 0 N–H and O–H groups in total. The van der Waals surface area contributed by atoms with Crippen LogP contribution in [0.2, 0.25) is 0 Å². The second kappa shape index (κ2) is 4.64. The van der Waals surface area contributed by atoms with Crippen molar-refractivity contribution in [3.63, 3.8) is 0 Å². The Hall–Kier alpha value is -1.38. The van der Waals surface area contributed by atoms with E-state index in [1.165, 1.54) is 12.8 Å². The van der Waals surface area contributed by atoms with Crippen molar-refractivity contribution in [1.82, 2.24) is 9.88 Å². The van der Waals surface area contributed by atoms with Crippen molar-refractivity contribution in [3.8, 4) is 0 Å².